The molecule has 0 saturated carbocycles. The van der Waals surface area contributed by atoms with Crippen molar-refractivity contribution in [3.05, 3.63) is 34.2 Å². The first kappa shape index (κ1) is 21.4. The van der Waals surface area contributed by atoms with E-state index in [2.05, 4.69) is 15.4 Å². The normalized spacial score (nSPS) is 14.7. The smallest absolute Gasteiger partial charge is 0.349 e. The van der Waals surface area contributed by atoms with Crippen LogP contribution < -0.4 is 10.2 Å². The third kappa shape index (κ3) is 5.01. The monoisotopic (exact) mass is 429 g/mol. The van der Waals surface area contributed by atoms with Gasteiger partial charge in [0.2, 0.25) is 5.91 Å². The number of carbonyl (C=O) groups excluding carboxylic acids is 1. The van der Waals surface area contributed by atoms with E-state index in [0.717, 1.165) is 11.6 Å². The Morgan fingerprint density at radius 3 is 2.52 bits per heavy atom. The van der Waals surface area contributed by atoms with Gasteiger partial charge in [0.25, 0.3) is 0 Å². The number of hydrogen-bond donors (Lipinski definition) is 1. The number of pyridine rings is 1. The second-order valence-electron chi connectivity index (χ2n) is 8.41. The molecule has 3 heterocycles. The number of hydrogen-bond acceptors (Lipinski definition) is 4. The molecule has 0 radical (unpaired) electrons. The maximum atomic E-state index is 12.9. The zero-order chi connectivity index (χ0) is 21.6. The van der Waals surface area contributed by atoms with Crippen LogP contribution in [0.3, 0.4) is 0 Å². The number of anilines is 2. The summed E-state index contributed by atoms with van der Waals surface area (Å²) in [5.74, 6) is 0.390. The summed E-state index contributed by atoms with van der Waals surface area (Å²) >= 11 is 6.31. The van der Waals surface area contributed by atoms with Gasteiger partial charge in [0, 0.05) is 13.0 Å². The van der Waals surface area contributed by atoms with E-state index in [-0.39, 0.29) is 23.0 Å². The number of halogens is 4. The highest BCUT2D eigenvalue weighted by atomic mass is 35.5. The topological polar surface area (TPSA) is 63.1 Å². The van der Waals surface area contributed by atoms with Crippen LogP contribution in [0.25, 0.3) is 0 Å². The molecule has 158 valence electrons. The van der Waals surface area contributed by atoms with Gasteiger partial charge in [-0.15, -0.1) is 0 Å². The van der Waals surface area contributed by atoms with Crippen LogP contribution in [0.15, 0.2) is 12.1 Å². The number of aryl methyl sites for hydroxylation is 1. The largest absolute Gasteiger partial charge is 0.435 e. The number of rotatable bonds is 3. The number of aromatic nitrogens is 3. The highest BCUT2D eigenvalue weighted by Gasteiger charge is 2.36. The predicted octanol–water partition coefficient (Wildman–Crippen LogP) is 4.65. The van der Waals surface area contributed by atoms with E-state index >= 15 is 0 Å². The summed E-state index contributed by atoms with van der Waals surface area (Å²) in [6.07, 6.45) is -4.14. The zero-order valence-electron chi connectivity index (χ0n) is 16.7. The molecule has 2 aromatic rings. The lowest BCUT2D eigenvalue weighted by Crippen LogP contribution is -2.34. The summed E-state index contributed by atoms with van der Waals surface area (Å²) in [6, 6.07) is 2.83. The average Bonchev–Trinajstić information content (AvgIpc) is 3.00. The Labute approximate surface area is 172 Å². The summed E-state index contributed by atoms with van der Waals surface area (Å²) in [5.41, 5.74) is 0.586. The number of carbonyl (C=O) groups is 1. The molecule has 3 rings (SSSR count). The van der Waals surface area contributed by atoms with Gasteiger partial charge in [-0.05, 0) is 30.0 Å². The van der Waals surface area contributed by atoms with Crippen LogP contribution in [-0.2, 0) is 24.1 Å². The van der Waals surface area contributed by atoms with E-state index < -0.39 is 11.9 Å². The average molecular weight is 430 g/mol. The van der Waals surface area contributed by atoms with Gasteiger partial charge in [0.05, 0.1) is 24.5 Å². The maximum Gasteiger partial charge on any atom is 0.435 e. The third-order valence-corrected chi connectivity index (χ3v) is 4.80. The first-order chi connectivity index (χ1) is 13.3. The first-order valence-corrected chi connectivity index (χ1v) is 9.57. The van der Waals surface area contributed by atoms with Gasteiger partial charge < -0.3 is 10.2 Å². The maximum absolute atomic E-state index is 12.9. The highest BCUT2D eigenvalue weighted by Crippen LogP contribution is 2.33. The minimum atomic E-state index is -4.47. The molecular weight excluding hydrogens is 407 g/mol. The van der Waals surface area contributed by atoms with Crippen molar-refractivity contribution in [3.63, 3.8) is 0 Å². The molecule has 1 aliphatic rings. The molecule has 10 heteroatoms. The summed E-state index contributed by atoms with van der Waals surface area (Å²) in [4.78, 5) is 18.4. The van der Waals surface area contributed by atoms with Crippen molar-refractivity contribution in [3.8, 4) is 0 Å². The standard InChI is InChI=1S/C19H23ClF3N5O/c1-11-7-14(24-17(20)16(11)25-15(29)9-18(2,3)4)27-5-6-28-12(10-27)8-13(26-28)19(21,22)23/h7-8H,5-6,9-10H2,1-4H3,(H,25,29). The van der Waals surface area contributed by atoms with Crippen molar-refractivity contribution in [1.29, 1.82) is 0 Å². The molecule has 1 amide bonds. The number of nitrogens with one attached hydrogen (secondary N) is 1. The van der Waals surface area contributed by atoms with Crippen LogP contribution >= 0.6 is 11.6 Å². The molecule has 0 saturated heterocycles. The van der Waals surface area contributed by atoms with Crippen LogP contribution in [0.5, 0.6) is 0 Å². The third-order valence-electron chi connectivity index (χ3n) is 4.53. The van der Waals surface area contributed by atoms with Crippen LogP contribution in [0.1, 0.15) is 44.1 Å². The molecule has 1 aliphatic heterocycles. The van der Waals surface area contributed by atoms with Gasteiger partial charge in [-0.25, -0.2) is 4.98 Å². The Kier molecular flexibility index (Phi) is 5.55. The fourth-order valence-corrected chi connectivity index (χ4v) is 3.48. The Balaban J connectivity index is 1.79. The van der Waals surface area contributed by atoms with Gasteiger partial charge in [0.15, 0.2) is 10.8 Å². The van der Waals surface area contributed by atoms with E-state index in [1.54, 1.807) is 13.0 Å². The molecule has 1 N–H and O–H groups in total. The molecule has 2 aromatic heterocycles. The Morgan fingerprint density at radius 1 is 1.24 bits per heavy atom. The second kappa shape index (κ2) is 7.51. The van der Waals surface area contributed by atoms with Crippen molar-refractivity contribution in [2.45, 2.75) is 53.4 Å². The van der Waals surface area contributed by atoms with Gasteiger partial charge >= 0.3 is 6.18 Å². The van der Waals surface area contributed by atoms with Gasteiger partial charge in [0.1, 0.15) is 5.82 Å². The fraction of sp³-hybridized carbons (Fsp3) is 0.526. The minimum Gasteiger partial charge on any atom is -0.349 e. The Morgan fingerprint density at radius 2 is 1.93 bits per heavy atom. The number of amides is 1. The van der Waals surface area contributed by atoms with E-state index in [4.69, 9.17) is 11.6 Å². The van der Waals surface area contributed by atoms with E-state index in [0.29, 0.717) is 36.7 Å². The molecule has 0 fully saturated rings. The van der Waals surface area contributed by atoms with Crippen molar-refractivity contribution < 1.29 is 18.0 Å². The molecular formula is C19H23ClF3N5O. The molecule has 0 atom stereocenters. The summed E-state index contributed by atoms with van der Waals surface area (Å²) in [7, 11) is 0. The van der Waals surface area contributed by atoms with Crippen molar-refractivity contribution in [1.82, 2.24) is 14.8 Å². The van der Waals surface area contributed by atoms with E-state index in [1.165, 1.54) is 4.68 Å². The summed E-state index contributed by atoms with van der Waals surface area (Å²) in [5, 5.41) is 6.59. The number of nitrogens with zero attached hydrogens (tertiary/aromatic N) is 4. The Bertz CT molecular complexity index is 910. The lowest BCUT2D eigenvalue weighted by molar-refractivity contribution is -0.141. The molecule has 0 unspecified atom stereocenters. The SMILES string of the molecule is Cc1cc(N2CCn3nc(C(F)(F)F)cc3C2)nc(Cl)c1NC(=O)CC(C)(C)C. The molecule has 0 aliphatic carbocycles. The fourth-order valence-electron chi connectivity index (χ4n) is 3.20. The summed E-state index contributed by atoms with van der Waals surface area (Å²) < 4.78 is 40.1. The van der Waals surface area contributed by atoms with Gasteiger partial charge in [-0.2, -0.15) is 18.3 Å². The Hall–Kier alpha value is -2.29. The van der Waals surface area contributed by atoms with Crippen LogP contribution in [-0.4, -0.2) is 27.2 Å². The van der Waals surface area contributed by atoms with Crippen molar-refractivity contribution >= 4 is 29.0 Å². The van der Waals surface area contributed by atoms with Gasteiger partial charge in [-0.1, -0.05) is 32.4 Å². The molecule has 0 bridgehead atoms. The zero-order valence-corrected chi connectivity index (χ0v) is 17.4. The molecule has 6 nitrogen and oxygen atoms in total. The number of fused-ring (bicyclic) bond motifs is 1. The lowest BCUT2D eigenvalue weighted by Gasteiger charge is -2.29. The predicted molar refractivity (Wildman–Crippen MR) is 105 cm³/mol. The molecule has 29 heavy (non-hydrogen) atoms. The molecule has 0 spiro atoms. The second-order valence-corrected chi connectivity index (χ2v) is 8.77. The quantitative estimate of drug-likeness (QED) is 0.721. The van der Waals surface area contributed by atoms with Crippen molar-refractivity contribution in [2.24, 2.45) is 5.41 Å². The van der Waals surface area contributed by atoms with E-state index in [1.807, 2.05) is 25.7 Å². The lowest BCUT2D eigenvalue weighted by atomic mass is 9.92. The van der Waals surface area contributed by atoms with Crippen LogP contribution in [0.4, 0.5) is 24.7 Å². The molecule has 0 aromatic carbocycles. The number of alkyl halides is 3. The van der Waals surface area contributed by atoms with Crippen LogP contribution in [0, 0.1) is 12.3 Å². The van der Waals surface area contributed by atoms with E-state index in [9.17, 15) is 18.0 Å². The minimum absolute atomic E-state index is 0.150. The highest BCUT2D eigenvalue weighted by molar-refractivity contribution is 6.32. The van der Waals surface area contributed by atoms with Crippen molar-refractivity contribution in [2.75, 3.05) is 16.8 Å². The summed E-state index contributed by atoms with van der Waals surface area (Å²) in [6.45, 7) is 8.70. The first-order valence-electron chi connectivity index (χ1n) is 9.19. The van der Waals surface area contributed by atoms with Gasteiger partial charge in [-0.3, -0.25) is 9.48 Å². The van der Waals surface area contributed by atoms with Crippen LogP contribution in [0.2, 0.25) is 5.15 Å².